The maximum atomic E-state index is 12.1. The predicted molar refractivity (Wildman–Crippen MR) is 91.0 cm³/mol. The first-order chi connectivity index (χ1) is 11.9. The molecule has 0 saturated heterocycles. The van der Waals surface area contributed by atoms with E-state index in [4.69, 9.17) is 9.47 Å². The highest BCUT2D eigenvalue weighted by Gasteiger charge is 2.16. The summed E-state index contributed by atoms with van der Waals surface area (Å²) < 4.78 is 12.2. The van der Waals surface area contributed by atoms with Crippen molar-refractivity contribution in [2.24, 2.45) is 0 Å². The zero-order valence-corrected chi connectivity index (χ0v) is 14.3. The van der Waals surface area contributed by atoms with E-state index in [0.717, 1.165) is 0 Å². The molecule has 1 heterocycles. The quantitative estimate of drug-likeness (QED) is 0.580. The van der Waals surface area contributed by atoms with Crippen LogP contribution < -0.4 is 14.8 Å². The van der Waals surface area contributed by atoms with Crippen LogP contribution in [-0.2, 0) is 11.3 Å². The van der Waals surface area contributed by atoms with E-state index in [9.17, 15) is 14.9 Å². The first-order valence-electron chi connectivity index (χ1n) is 7.73. The van der Waals surface area contributed by atoms with Gasteiger partial charge in [-0.05, 0) is 29.0 Å². The number of amides is 1. The minimum atomic E-state index is -0.560. The molecule has 0 spiro atoms. The fourth-order valence-electron chi connectivity index (χ4n) is 2.27. The predicted octanol–water partition coefficient (Wildman–Crippen LogP) is 2.54. The van der Waals surface area contributed by atoms with Gasteiger partial charge in [0.05, 0.1) is 13.7 Å². The summed E-state index contributed by atoms with van der Waals surface area (Å²) in [7, 11) is 1.53. The number of carbonyl (C=O) groups excluding carboxylic acids is 1. The Morgan fingerprint density at radius 1 is 1.40 bits per heavy atom. The minimum absolute atomic E-state index is 0.157. The number of ether oxygens (including phenoxy) is 2. The van der Waals surface area contributed by atoms with Gasteiger partial charge in [-0.15, -0.1) is 0 Å². The van der Waals surface area contributed by atoms with Gasteiger partial charge in [0.1, 0.15) is 6.20 Å². The number of rotatable bonds is 8. The second-order valence-corrected chi connectivity index (χ2v) is 5.19. The molecule has 9 heteroatoms. The normalized spacial score (nSPS) is 10.4. The van der Waals surface area contributed by atoms with Crippen LogP contribution >= 0.6 is 0 Å². The monoisotopic (exact) mass is 348 g/mol. The molecule has 1 N–H and O–H groups in total. The molecule has 134 valence electrons. The molecule has 1 aromatic carbocycles. The lowest BCUT2D eigenvalue weighted by Crippen LogP contribution is -2.14. The summed E-state index contributed by atoms with van der Waals surface area (Å²) in [6.07, 6.45) is 1.48. The number of nitrogens with zero attached hydrogens (tertiary/aromatic N) is 3. The number of aromatic nitrogens is 2. The molecule has 25 heavy (non-hydrogen) atoms. The molecule has 0 saturated carbocycles. The van der Waals surface area contributed by atoms with Crippen LogP contribution in [0.25, 0.3) is 0 Å². The van der Waals surface area contributed by atoms with Gasteiger partial charge >= 0.3 is 5.82 Å². The molecule has 1 amide bonds. The number of anilines is 1. The summed E-state index contributed by atoms with van der Waals surface area (Å²) in [6, 6.07) is 5.12. The van der Waals surface area contributed by atoms with Crippen LogP contribution in [0.2, 0.25) is 0 Å². The molecule has 2 rings (SSSR count). The van der Waals surface area contributed by atoms with Crippen LogP contribution in [0.15, 0.2) is 24.4 Å². The van der Waals surface area contributed by atoms with E-state index in [1.807, 2.05) is 6.92 Å². The fourth-order valence-corrected chi connectivity index (χ4v) is 2.27. The van der Waals surface area contributed by atoms with E-state index in [1.54, 1.807) is 29.7 Å². The van der Waals surface area contributed by atoms with Crippen molar-refractivity contribution in [3.8, 4) is 11.5 Å². The van der Waals surface area contributed by atoms with Crippen LogP contribution in [0, 0.1) is 17.0 Å². The Balaban J connectivity index is 1.97. The van der Waals surface area contributed by atoms with E-state index < -0.39 is 4.92 Å². The van der Waals surface area contributed by atoms with Gasteiger partial charge in [0.15, 0.2) is 11.5 Å². The summed E-state index contributed by atoms with van der Waals surface area (Å²) in [5.74, 6) is 1.17. The van der Waals surface area contributed by atoms with E-state index in [2.05, 4.69) is 10.3 Å². The van der Waals surface area contributed by atoms with Crippen molar-refractivity contribution in [3.05, 3.63) is 40.3 Å². The first kappa shape index (κ1) is 18.2. The van der Waals surface area contributed by atoms with Gasteiger partial charge in [-0.3, -0.25) is 4.79 Å². The van der Waals surface area contributed by atoms with E-state index in [0.29, 0.717) is 36.2 Å². The van der Waals surface area contributed by atoms with Gasteiger partial charge in [-0.2, -0.15) is 0 Å². The molecular formula is C16H20N4O5. The van der Waals surface area contributed by atoms with Gasteiger partial charge in [-0.1, -0.05) is 0 Å². The number of carbonyl (C=O) groups is 1. The third kappa shape index (κ3) is 4.69. The number of hydrogen-bond acceptors (Lipinski definition) is 6. The molecule has 0 aliphatic rings. The fraction of sp³-hybridized carbons (Fsp3) is 0.375. The molecule has 0 bridgehead atoms. The molecule has 2 aromatic rings. The van der Waals surface area contributed by atoms with Crippen LogP contribution in [0.5, 0.6) is 11.5 Å². The Morgan fingerprint density at radius 2 is 2.16 bits per heavy atom. The largest absolute Gasteiger partial charge is 0.493 e. The summed E-state index contributed by atoms with van der Waals surface area (Å²) in [5, 5.41) is 13.5. The molecule has 0 unspecified atom stereocenters. The zero-order chi connectivity index (χ0) is 18.4. The Labute approximate surface area is 144 Å². The van der Waals surface area contributed by atoms with Gasteiger partial charge in [0, 0.05) is 31.6 Å². The van der Waals surface area contributed by atoms with Crippen molar-refractivity contribution in [1.82, 2.24) is 9.55 Å². The van der Waals surface area contributed by atoms with Crippen LogP contribution in [0.3, 0.4) is 0 Å². The van der Waals surface area contributed by atoms with Crippen LogP contribution in [0.1, 0.15) is 19.2 Å². The molecular weight excluding hydrogens is 328 g/mol. The third-order valence-corrected chi connectivity index (χ3v) is 3.48. The molecule has 0 aliphatic carbocycles. The Bertz CT molecular complexity index is 772. The van der Waals surface area contributed by atoms with E-state index in [-0.39, 0.29) is 18.1 Å². The Morgan fingerprint density at radius 3 is 2.76 bits per heavy atom. The average Bonchev–Trinajstić information content (AvgIpc) is 2.96. The second-order valence-electron chi connectivity index (χ2n) is 5.19. The number of nitrogens with one attached hydrogen (secondary N) is 1. The average molecular weight is 348 g/mol. The lowest BCUT2D eigenvalue weighted by atomic mass is 10.2. The maximum Gasteiger partial charge on any atom is 0.381 e. The van der Waals surface area contributed by atoms with Gasteiger partial charge in [0.25, 0.3) is 0 Å². The van der Waals surface area contributed by atoms with Crippen molar-refractivity contribution in [2.45, 2.75) is 26.8 Å². The van der Waals surface area contributed by atoms with Crippen molar-refractivity contribution in [2.75, 3.05) is 19.0 Å². The van der Waals surface area contributed by atoms with E-state index in [1.165, 1.54) is 13.3 Å². The van der Waals surface area contributed by atoms with Crippen molar-refractivity contribution >= 4 is 17.4 Å². The SMILES string of the molecule is CCOc1ccc(NC(=O)CCn2cc([N+](=O)[O-])nc2C)cc1OC. The smallest absolute Gasteiger partial charge is 0.381 e. The van der Waals surface area contributed by atoms with Gasteiger partial charge < -0.3 is 29.5 Å². The van der Waals surface area contributed by atoms with Crippen LogP contribution in [0.4, 0.5) is 11.5 Å². The summed E-state index contributed by atoms with van der Waals surface area (Å²) in [5.41, 5.74) is 0.582. The van der Waals surface area contributed by atoms with E-state index >= 15 is 0 Å². The number of imidazole rings is 1. The summed E-state index contributed by atoms with van der Waals surface area (Å²) in [4.78, 5) is 26.1. The number of nitro groups is 1. The van der Waals surface area contributed by atoms with Gasteiger partial charge in [-0.25, -0.2) is 0 Å². The molecule has 0 aliphatic heterocycles. The highest BCUT2D eigenvalue weighted by atomic mass is 16.6. The number of benzene rings is 1. The maximum absolute atomic E-state index is 12.1. The first-order valence-corrected chi connectivity index (χ1v) is 7.73. The molecule has 1 aromatic heterocycles. The Hall–Kier alpha value is -3.10. The number of aryl methyl sites for hydroxylation is 2. The minimum Gasteiger partial charge on any atom is -0.493 e. The van der Waals surface area contributed by atoms with Crippen molar-refractivity contribution in [3.63, 3.8) is 0 Å². The Kier molecular flexibility index (Phi) is 5.93. The molecule has 0 fully saturated rings. The zero-order valence-electron chi connectivity index (χ0n) is 14.3. The summed E-state index contributed by atoms with van der Waals surface area (Å²) >= 11 is 0. The second kappa shape index (κ2) is 8.13. The molecule has 0 radical (unpaired) electrons. The standard InChI is InChI=1S/C16H20N4O5/c1-4-25-13-6-5-12(9-14(13)24-3)18-16(21)7-8-19-10-15(20(22)23)17-11(19)2/h5-6,9-10H,4,7-8H2,1-3H3,(H,18,21). The molecule has 9 nitrogen and oxygen atoms in total. The topological polar surface area (TPSA) is 109 Å². The van der Waals surface area contributed by atoms with Crippen molar-refractivity contribution in [1.29, 1.82) is 0 Å². The number of hydrogen-bond donors (Lipinski definition) is 1. The lowest BCUT2D eigenvalue weighted by Gasteiger charge is -2.12. The lowest BCUT2D eigenvalue weighted by molar-refractivity contribution is -0.389. The van der Waals surface area contributed by atoms with Crippen LogP contribution in [-0.4, -0.2) is 34.1 Å². The third-order valence-electron chi connectivity index (χ3n) is 3.48. The highest BCUT2D eigenvalue weighted by molar-refractivity contribution is 5.91. The van der Waals surface area contributed by atoms with Gasteiger partial charge in [0.2, 0.25) is 11.7 Å². The molecule has 0 atom stereocenters. The highest BCUT2D eigenvalue weighted by Crippen LogP contribution is 2.30. The summed E-state index contributed by atoms with van der Waals surface area (Å²) in [6.45, 7) is 4.34. The number of methoxy groups -OCH3 is 1. The van der Waals surface area contributed by atoms with Crippen molar-refractivity contribution < 1.29 is 19.2 Å².